The van der Waals surface area contributed by atoms with E-state index in [0.717, 1.165) is 18.2 Å². The van der Waals surface area contributed by atoms with Gasteiger partial charge in [0.05, 0.1) is 12.0 Å². The molecule has 0 aliphatic carbocycles. The lowest BCUT2D eigenvalue weighted by Gasteiger charge is -2.15. The molecule has 11 heteroatoms. The number of hydrogen-bond acceptors (Lipinski definition) is 8. The Morgan fingerprint density at radius 3 is 2.39 bits per heavy atom. The Hall–Kier alpha value is -3.51. The van der Waals surface area contributed by atoms with Crippen molar-refractivity contribution in [3.8, 4) is 11.3 Å². The van der Waals surface area contributed by atoms with Gasteiger partial charge in [-0.3, -0.25) is 0 Å². The highest BCUT2D eigenvalue weighted by Crippen LogP contribution is 2.37. The maximum atomic E-state index is 13.7. The van der Waals surface area contributed by atoms with Gasteiger partial charge in [-0.2, -0.15) is 5.10 Å². The normalized spacial score (nSPS) is 22.7. The van der Waals surface area contributed by atoms with Crippen molar-refractivity contribution in [1.29, 1.82) is 0 Å². The predicted octanol–water partition coefficient (Wildman–Crippen LogP) is 2.13. The number of nitrogens with zero attached hydrogens (tertiary/aromatic N) is 4. The molecular formula is C22H19F2N5O4. The number of rotatable bonds is 5. The maximum Gasteiger partial charge on any atom is 0.181 e. The molecular weight excluding hydrogens is 436 g/mol. The maximum absolute atomic E-state index is 13.7. The van der Waals surface area contributed by atoms with E-state index in [0.29, 0.717) is 16.6 Å². The van der Waals surface area contributed by atoms with E-state index in [2.05, 4.69) is 20.4 Å². The standard InChI is InChI=1S/C22H19F2N5O4/c23-12-6-13(24)8-14(7-12)27-20-16-17(11-4-2-1-3-5-11)28-29(21(16)26-10-25-20)22-19(32)18(31)15(9-30)33-22/h1-8,10,15,18-19,22,30-32H,9H2,(H,25,26,27)/t15-,18+,19+,22+/m0/s1. The molecule has 4 N–H and O–H groups in total. The summed E-state index contributed by atoms with van der Waals surface area (Å²) < 4.78 is 34.4. The number of benzene rings is 2. The number of aliphatic hydroxyl groups excluding tert-OH is 3. The van der Waals surface area contributed by atoms with Crippen molar-refractivity contribution >= 4 is 22.5 Å². The summed E-state index contributed by atoms with van der Waals surface area (Å²) in [6.45, 7) is -0.494. The molecule has 1 saturated heterocycles. The second kappa shape index (κ2) is 8.45. The van der Waals surface area contributed by atoms with Gasteiger partial charge in [-0.25, -0.2) is 23.4 Å². The average Bonchev–Trinajstić information content (AvgIpc) is 3.32. The predicted molar refractivity (Wildman–Crippen MR) is 113 cm³/mol. The molecule has 0 unspecified atom stereocenters. The molecule has 9 nitrogen and oxygen atoms in total. The van der Waals surface area contributed by atoms with Crippen LogP contribution in [0.5, 0.6) is 0 Å². The summed E-state index contributed by atoms with van der Waals surface area (Å²) in [7, 11) is 0. The lowest BCUT2D eigenvalue weighted by atomic mass is 10.1. The lowest BCUT2D eigenvalue weighted by Crippen LogP contribution is -2.33. The second-order valence-electron chi connectivity index (χ2n) is 7.59. The van der Waals surface area contributed by atoms with Crippen LogP contribution in [0.1, 0.15) is 6.23 Å². The van der Waals surface area contributed by atoms with Crippen molar-refractivity contribution in [2.45, 2.75) is 24.5 Å². The van der Waals surface area contributed by atoms with Gasteiger partial charge in [0.2, 0.25) is 0 Å². The molecule has 4 aromatic rings. The third-order valence-electron chi connectivity index (χ3n) is 5.42. The Morgan fingerprint density at radius 2 is 1.73 bits per heavy atom. The van der Waals surface area contributed by atoms with E-state index in [9.17, 15) is 24.1 Å². The number of fused-ring (bicyclic) bond motifs is 1. The van der Waals surface area contributed by atoms with Crippen molar-refractivity contribution in [1.82, 2.24) is 19.7 Å². The smallest absolute Gasteiger partial charge is 0.181 e. The molecule has 2 aromatic heterocycles. The highest BCUT2D eigenvalue weighted by atomic mass is 19.1. The number of anilines is 2. The van der Waals surface area contributed by atoms with E-state index in [1.807, 2.05) is 30.3 Å². The van der Waals surface area contributed by atoms with E-state index in [1.54, 1.807) is 0 Å². The average molecular weight is 455 g/mol. The fourth-order valence-corrected chi connectivity index (χ4v) is 3.89. The van der Waals surface area contributed by atoms with Crippen LogP contribution in [0.25, 0.3) is 22.3 Å². The minimum absolute atomic E-state index is 0.132. The van der Waals surface area contributed by atoms with Crippen LogP contribution in [0.15, 0.2) is 54.9 Å². The first-order chi connectivity index (χ1) is 16.0. The van der Waals surface area contributed by atoms with Crippen molar-refractivity contribution in [3.63, 3.8) is 0 Å². The molecule has 0 bridgehead atoms. The summed E-state index contributed by atoms with van der Waals surface area (Å²) in [4.78, 5) is 8.53. The van der Waals surface area contributed by atoms with Crippen LogP contribution >= 0.6 is 0 Å². The van der Waals surface area contributed by atoms with Gasteiger partial charge in [0.15, 0.2) is 11.9 Å². The molecule has 0 radical (unpaired) electrons. The van der Waals surface area contributed by atoms with Gasteiger partial charge in [-0.05, 0) is 12.1 Å². The summed E-state index contributed by atoms with van der Waals surface area (Å²) in [6.07, 6.45) is -3.61. The van der Waals surface area contributed by atoms with Gasteiger partial charge < -0.3 is 25.4 Å². The summed E-state index contributed by atoms with van der Waals surface area (Å²) >= 11 is 0. The molecule has 5 rings (SSSR count). The first-order valence-corrected chi connectivity index (χ1v) is 10.1. The van der Waals surface area contributed by atoms with Crippen LogP contribution in [0.3, 0.4) is 0 Å². The number of aliphatic hydroxyl groups is 3. The molecule has 4 atom stereocenters. The zero-order chi connectivity index (χ0) is 23.1. The Balaban J connectivity index is 1.68. The highest BCUT2D eigenvalue weighted by Gasteiger charge is 2.45. The number of halogens is 2. The fourth-order valence-electron chi connectivity index (χ4n) is 3.89. The highest BCUT2D eigenvalue weighted by molar-refractivity contribution is 6.00. The molecule has 1 fully saturated rings. The van der Waals surface area contributed by atoms with E-state index < -0.39 is 42.8 Å². The fraction of sp³-hybridized carbons (Fsp3) is 0.227. The van der Waals surface area contributed by atoms with Gasteiger partial charge in [0.1, 0.15) is 47.8 Å². The van der Waals surface area contributed by atoms with Gasteiger partial charge >= 0.3 is 0 Å². The van der Waals surface area contributed by atoms with Crippen LogP contribution < -0.4 is 5.32 Å². The first-order valence-electron chi connectivity index (χ1n) is 10.1. The van der Waals surface area contributed by atoms with Crippen LogP contribution in [0.4, 0.5) is 20.3 Å². The zero-order valence-corrected chi connectivity index (χ0v) is 17.0. The SMILES string of the molecule is OC[C@@H]1O[C@@H](n2nc(-c3ccccc3)c3c(Nc4cc(F)cc(F)c4)ncnc32)[C@H](O)[C@@H]1O. The Bertz CT molecular complexity index is 1280. The summed E-state index contributed by atoms with van der Waals surface area (Å²) in [6, 6.07) is 12.1. The van der Waals surface area contributed by atoms with Crippen LogP contribution in [0.2, 0.25) is 0 Å². The Morgan fingerprint density at radius 1 is 1.00 bits per heavy atom. The molecule has 170 valence electrons. The summed E-state index contributed by atoms with van der Waals surface area (Å²) in [5, 5.41) is 38.1. The summed E-state index contributed by atoms with van der Waals surface area (Å²) in [5.41, 5.74) is 1.49. The molecule has 3 heterocycles. The quantitative estimate of drug-likeness (QED) is 0.361. The molecule has 2 aromatic carbocycles. The molecule has 1 aliphatic rings. The largest absolute Gasteiger partial charge is 0.394 e. The number of aromatic nitrogens is 4. The number of hydrogen-bond donors (Lipinski definition) is 4. The van der Waals surface area contributed by atoms with E-state index >= 15 is 0 Å². The molecule has 0 spiro atoms. The van der Waals surface area contributed by atoms with Crippen molar-refractivity contribution in [2.75, 3.05) is 11.9 Å². The van der Waals surface area contributed by atoms with E-state index in [-0.39, 0.29) is 17.2 Å². The Kier molecular flexibility index (Phi) is 5.46. The van der Waals surface area contributed by atoms with E-state index in [1.165, 1.54) is 11.0 Å². The first kappa shape index (κ1) is 21.3. The molecule has 1 aliphatic heterocycles. The molecule has 0 amide bonds. The zero-order valence-electron chi connectivity index (χ0n) is 17.0. The van der Waals surface area contributed by atoms with Crippen molar-refractivity contribution in [2.24, 2.45) is 0 Å². The van der Waals surface area contributed by atoms with Crippen LogP contribution in [-0.4, -0.2) is 60.0 Å². The Labute approximate surface area is 185 Å². The van der Waals surface area contributed by atoms with Gasteiger partial charge in [0.25, 0.3) is 0 Å². The monoisotopic (exact) mass is 455 g/mol. The number of nitrogens with one attached hydrogen (secondary N) is 1. The van der Waals surface area contributed by atoms with Gasteiger partial charge in [0, 0.05) is 17.3 Å². The lowest BCUT2D eigenvalue weighted by molar-refractivity contribution is -0.0565. The van der Waals surface area contributed by atoms with Crippen molar-refractivity contribution in [3.05, 3.63) is 66.5 Å². The molecule has 33 heavy (non-hydrogen) atoms. The second-order valence-corrected chi connectivity index (χ2v) is 7.59. The molecule has 0 saturated carbocycles. The topological polar surface area (TPSA) is 126 Å². The third-order valence-corrected chi connectivity index (χ3v) is 5.42. The van der Waals surface area contributed by atoms with Crippen LogP contribution in [-0.2, 0) is 4.74 Å². The minimum Gasteiger partial charge on any atom is -0.394 e. The number of ether oxygens (including phenoxy) is 1. The van der Waals surface area contributed by atoms with Crippen molar-refractivity contribution < 1.29 is 28.8 Å². The summed E-state index contributed by atoms with van der Waals surface area (Å²) in [5.74, 6) is -1.29. The minimum atomic E-state index is -1.38. The van der Waals surface area contributed by atoms with E-state index in [4.69, 9.17) is 4.74 Å². The van der Waals surface area contributed by atoms with Gasteiger partial charge in [-0.15, -0.1) is 0 Å². The third kappa shape index (κ3) is 3.80. The van der Waals surface area contributed by atoms with Gasteiger partial charge in [-0.1, -0.05) is 30.3 Å². The van der Waals surface area contributed by atoms with Crippen LogP contribution in [0, 0.1) is 11.6 Å².